The maximum absolute atomic E-state index is 11.9. The highest BCUT2D eigenvalue weighted by atomic mass is 32.2. The van der Waals surface area contributed by atoms with Gasteiger partial charge in [0.05, 0.1) is 5.75 Å². The fourth-order valence-corrected chi connectivity index (χ4v) is 3.78. The molecule has 0 fully saturated rings. The van der Waals surface area contributed by atoms with Gasteiger partial charge in [-0.1, -0.05) is 37.5 Å². The Labute approximate surface area is 111 Å². The molecule has 1 aromatic rings. The van der Waals surface area contributed by atoms with Crippen LogP contribution in [0.4, 0.5) is 0 Å². The van der Waals surface area contributed by atoms with E-state index in [9.17, 15) is 13.2 Å². The van der Waals surface area contributed by atoms with Crippen molar-refractivity contribution in [3.05, 3.63) is 5.01 Å². The fraction of sp³-hybridized carbons (Fsp3) is 0.700. The molecule has 0 radical (unpaired) electrons. The normalized spacial score (nSPS) is 11.4. The molecule has 1 N–H and O–H groups in total. The van der Waals surface area contributed by atoms with Crippen LogP contribution < -0.4 is 5.32 Å². The van der Waals surface area contributed by atoms with Crippen molar-refractivity contribution < 1.29 is 13.2 Å². The topological polar surface area (TPSA) is 89.0 Å². The van der Waals surface area contributed by atoms with Crippen LogP contribution in [0.3, 0.4) is 0 Å². The van der Waals surface area contributed by atoms with Gasteiger partial charge in [-0.3, -0.25) is 4.79 Å². The second-order valence-electron chi connectivity index (χ2n) is 3.83. The van der Waals surface area contributed by atoms with Gasteiger partial charge in [0, 0.05) is 7.05 Å². The number of aromatic nitrogens is 2. The highest BCUT2D eigenvalue weighted by Crippen LogP contribution is 2.18. The van der Waals surface area contributed by atoms with Gasteiger partial charge in [0.15, 0.2) is 0 Å². The quantitative estimate of drug-likeness (QED) is 0.764. The summed E-state index contributed by atoms with van der Waals surface area (Å²) < 4.78 is 23.7. The van der Waals surface area contributed by atoms with E-state index in [0.717, 1.165) is 30.6 Å². The van der Waals surface area contributed by atoms with Crippen LogP contribution >= 0.6 is 11.3 Å². The molecule has 1 aromatic heterocycles. The van der Waals surface area contributed by atoms with Crippen molar-refractivity contribution in [2.24, 2.45) is 0 Å². The molecule has 0 aromatic carbocycles. The van der Waals surface area contributed by atoms with E-state index in [1.165, 1.54) is 7.05 Å². The van der Waals surface area contributed by atoms with Crippen molar-refractivity contribution in [3.63, 3.8) is 0 Å². The molecule has 102 valence electrons. The molecule has 1 rings (SSSR count). The first-order chi connectivity index (χ1) is 8.51. The summed E-state index contributed by atoms with van der Waals surface area (Å²) in [6, 6.07) is 0. The molecule has 0 spiro atoms. The molecule has 6 nitrogen and oxygen atoms in total. The standard InChI is InChI=1S/C10H17N3O3S2/c1-3-4-5-6-7-18(15,16)10-13-12-9(17-10)8(14)11-2/h3-7H2,1-2H3,(H,11,14). The third-order valence-electron chi connectivity index (χ3n) is 2.36. The van der Waals surface area contributed by atoms with E-state index in [1.807, 2.05) is 0 Å². The number of amides is 1. The molecule has 0 aliphatic carbocycles. The average molecular weight is 291 g/mol. The third-order valence-corrected chi connectivity index (χ3v) is 5.53. The highest BCUT2D eigenvalue weighted by molar-refractivity contribution is 7.93. The van der Waals surface area contributed by atoms with Crippen molar-refractivity contribution >= 4 is 27.1 Å². The summed E-state index contributed by atoms with van der Waals surface area (Å²) in [6.45, 7) is 2.06. The molecule has 0 saturated carbocycles. The molecule has 18 heavy (non-hydrogen) atoms. The third kappa shape index (κ3) is 4.02. The number of carbonyl (C=O) groups excluding carboxylic acids is 1. The van der Waals surface area contributed by atoms with E-state index in [0.29, 0.717) is 6.42 Å². The summed E-state index contributed by atoms with van der Waals surface area (Å²) in [4.78, 5) is 11.3. The summed E-state index contributed by atoms with van der Waals surface area (Å²) in [7, 11) is -1.94. The number of unbranched alkanes of at least 4 members (excludes halogenated alkanes) is 3. The first-order valence-corrected chi connectivity index (χ1v) is 8.26. The smallest absolute Gasteiger partial charge is 0.282 e. The zero-order chi connectivity index (χ0) is 13.6. The average Bonchev–Trinajstić information content (AvgIpc) is 2.84. The van der Waals surface area contributed by atoms with Crippen LogP contribution in [0.1, 0.15) is 42.4 Å². The van der Waals surface area contributed by atoms with E-state index in [2.05, 4.69) is 22.4 Å². The van der Waals surface area contributed by atoms with Crippen molar-refractivity contribution in [2.45, 2.75) is 36.9 Å². The number of hydrogen-bond acceptors (Lipinski definition) is 6. The summed E-state index contributed by atoms with van der Waals surface area (Å²) in [6.07, 6.45) is 3.58. The van der Waals surface area contributed by atoms with Gasteiger partial charge in [-0.2, -0.15) is 0 Å². The van der Waals surface area contributed by atoms with Crippen LogP contribution in [0.5, 0.6) is 0 Å². The van der Waals surface area contributed by atoms with Gasteiger partial charge in [-0.25, -0.2) is 8.42 Å². The lowest BCUT2D eigenvalue weighted by Gasteiger charge is -1.99. The number of carbonyl (C=O) groups is 1. The van der Waals surface area contributed by atoms with E-state index in [1.54, 1.807) is 0 Å². The Morgan fingerprint density at radius 2 is 2.00 bits per heavy atom. The van der Waals surface area contributed by atoms with Gasteiger partial charge < -0.3 is 5.32 Å². The zero-order valence-corrected chi connectivity index (χ0v) is 12.1. The van der Waals surface area contributed by atoms with Crippen LogP contribution in [0.2, 0.25) is 0 Å². The van der Waals surface area contributed by atoms with Gasteiger partial charge in [-0.15, -0.1) is 10.2 Å². The van der Waals surface area contributed by atoms with E-state index in [-0.39, 0.29) is 15.1 Å². The van der Waals surface area contributed by atoms with E-state index < -0.39 is 15.7 Å². The Bertz CT molecular complexity index is 496. The Balaban J connectivity index is 2.67. The molecular formula is C10H17N3O3S2. The Morgan fingerprint density at radius 1 is 1.28 bits per heavy atom. The molecule has 1 heterocycles. The molecular weight excluding hydrogens is 274 g/mol. The minimum atomic E-state index is -3.40. The molecule has 1 amide bonds. The minimum absolute atomic E-state index is 0.0649. The molecule has 0 unspecified atom stereocenters. The SMILES string of the molecule is CCCCCCS(=O)(=O)c1nnc(C(=O)NC)s1. The molecule has 0 saturated heterocycles. The Morgan fingerprint density at radius 3 is 2.61 bits per heavy atom. The second-order valence-corrected chi connectivity index (χ2v) is 7.09. The summed E-state index contributed by atoms with van der Waals surface area (Å²) in [5, 5.41) is 9.60. The van der Waals surface area contributed by atoms with Crippen molar-refractivity contribution in [3.8, 4) is 0 Å². The molecule has 0 bridgehead atoms. The zero-order valence-electron chi connectivity index (χ0n) is 10.5. The van der Waals surface area contributed by atoms with Gasteiger partial charge in [0.25, 0.3) is 5.91 Å². The maximum atomic E-state index is 11.9. The van der Waals surface area contributed by atoms with Gasteiger partial charge in [0.1, 0.15) is 0 Å². The molecule has 0 aliphatic rings. The van der Waals surface area contributed by atoms with Crippen LogP contribution in [0, 0.1) is 0 Å². The molecule has 8 heteroatoms. The maximum Gasteiger partial charge on any atom is 0.282 e. The lowest BCUT2D eigenvalue weighted by atomic mass is 10.2. The predicted octanol–water partition coefficient (Wildman–Crippen LogP) is 1.25. The minimum Gasteiger partial charge on any atom is -0.353 e. The van der Waals surface area contributed by atoms with Crippen LogP contribution in [0.25, 0.3) is 0 Å². The van der Waals surface area contributed by atoms with Crippen LogP contribution in [0.15, 0.2) is 4.34 Å². The predicted molar refractivity (Wildman–Crippen MR) is 69.5 cm³/mol. The number of hydrogen-bond donors (Lipinski definition) is 1. The van der Waals surface area contributed by atoms with Crippen LogP contribution in [-0.2, 0) is 9.84 Å². The van der Waals surface area contributed by atoms with Crippen molar-refractivity contribution in [2.75, 3.05) is 12.8 Å². The summed E-state index contributed by atoms with van der Waals surface area (Å²) in [5.74, 6) is -0.352. The number of nitrogens with zero attached hydrogens (tertiary/aromatic N) is 2. The lowest BCUT2D eigenvalue weighted by Crippen LogP contribution is -2.17. The summed E-state index contributed by atoms with van der Waals surface area (Å²) in [5.41, 5.74) is 0. The molecule has 0 aliphatic heterocycles. The monoisotopic (exact) mass is 291 g/mol. The molecule has 0 atom stereocenters. The van der Waals surface area contributed by atoms with E-state index >= 15 is 0 Å². The van der Waals surface area contributed by atoms with Crippen molar-refractivity contribution in [1.82, 2.24) is 15.5 Å². The number of rotatable bonds is 7. The van der Waals surface area contributed by atoms with Crippen molar-refractivity contribution in [1.29, 1.82) is 0 Å². The number of nitrogens with one attached hydrogen (secondary N) is 1. The first-order valence-electron chi connectivity index (χ1n) is 5.79. The lowest BCUT2D eigenvalue weighted by molar-refractivity contribution is 0.0962. The fourth-order valence-electron chi connectivity index (χ4n) is 1.34. The van der Waals surface area contributed by atoms with E-state index in [4.69, 9.17) is 0 Å². The second kappa shape index (κ2) is 6.79. The number of sulfone groups is 1. The Hall–Kier alpha value is -1.02. The summed E-state index contributed by atoms with van der Waals surface area (Å²) >= 11 is 0.814. The van der Waals surface area contributed by atoms with Gasteiger partial charge in [-0.05, 0) is 6.42 Å². The Kier molecular flexibility index (Phi) is 5.67. The van der Waals surface area contributed by atoms with Gasteiger partial charge in [0.2, 0.25) is 19.2 Å². The highest BCUT2D eigenvalue weighted by Gasteiger charge is 2.21. The van der Waals surface area contributed by atoms with Crippen LogP contribution in [-0.4, -0.2) is 37.3 Å². The largest absolute Gasteiger partial charge is 0.353 e. The first kappa shape index (κ1) is 15.0. The van der Waals surface area contributed by atoms with Gasteiger partial charge >= 0.3 is 0 Å².